The van der Waals surface area contributed by atoms with E-state index in [1.54, 1.807) is 55.7 Å². The Morgan fingerprint density at radius 3 is 2.26 bits per heavy atom. The highest BCUT2D eigenvalue weighted by Crippen LogP contribution is 2.24. The Morgan fingerprint density at radius 2 is 1.65 bits per heavy atom. The first-order valence-corrected chi connectivity index (χ1v) is 12.0. The predicted octanol–water partition coefficient (Wildman–Crippen LogP) is 3.06. The number of carbonyl (C=O) groups is 1. The summed E-state index contributed by atoms with van der Waals surface area (Å²) in [7, 11) is -3.31. The van der Waals surface area contributed by atoms with Gasteiger partial charge in [-0.1, -0.05) is 24.0 Å². The molecule has 9 heteroatoms. The zero-order valence-electron chi connectivity index (χ0n) is 18.2. The minimum Gasteiger partial charge on any atom is -0.290 e. The number of fused-ring (bicyclic) bond motifs is 1. The second-order valence-electron chi connectivity index (χ2n) is 7.33. The largest absolute Gasteiger partial charge is 0.290 e. The zero-order chi connectivity index (χ0) is 24.1. The highest BCUT2D eigenvalue weighted by Gasteiger charge is 2.13. The lowest BCUT2D eigenvalue weighted by Crippen LogP contribution is -2.30. The number of rotatable bonds is 5. The van der Waals surface area contributed by atoms with Gasteiger partial charge in [0.2, 0.25) is 10.0 Å². The Bertz CT molecular complexity index is 1520. The lowest BCUT2D eigenvalue weighted by molar-refractivity contribution is 0.0955. The zero-order valence-corrected chi connectivity index (χ0v) is 19.1. The average molecular weight is 472 g/mol. The first-order valence-electron chi connectivity index (χ1n) is 10.4. The van der Waals surface area contributed by atoms with Crippen LogP contribution in [0.5, 0.6) is 0 Å². The van der Waals surface area contributed by atoms with Gasteiger partial charge in [0.1, 0.15) is 0 Å². The fraction of sp³-hybridized carbons (Fsp3) is 0.0800. The van der Waals surface area contributed by atoms with E-state index in [4.69, 9.17) is 5.84 Å². The molecule has 0 aliphatic heterocycles. The Hall–Kier alpha value is -4.26. The molecular formula is C25H21N5O3S. The van der Waals surface area contributed by atoms with Gasteiger partial charge in [-0.25, -0.2) is 19.2 Å². The van der Waals surface area contributed by atoms with Crippen molar-refractivity contribution in [2.24, 2.45) is 5.84 Å². The second kappa shape index (κ2) is 9.70. The maximum absolute atomic E-state index is 12.2. The molecule has 2 heterocycles. The van der Waals surface area contributed by atoms with Gasteiger partial charge in [0.05, 0.1) is 22.5 Å². The normalized spacial score (nSPS) is 10.9. The van der Waals surface area contributed by atoms with E-state index in [1.807, 2.05) is 24.3 Å². The summed E-state index contributed by atoms with van der Waals surface area (Å²) >= 11 is 0. The number of carbonyl (C=O) groups excluding carboxylic acids is 1. The van der Waals surface area contributed by atoms with E-state index in [0.717, 1.165) is 16.7 Å². The minimum absolute atomic E-state index is 0.0119. The molecule has 34 heavy (non-hydrogen) atoms. The SMILES string of the molecule is CCS(=O)(=O)Nc1ccc(C#Cc2ccc(-c3cc(C(=O)NN)c4cnccc4n3)cc2)cc1. The lowest BCUT2D eigenvalue weighted by atomic mass is 10.0. The molecule has 4 N–H and O–H groups in total. The summed E-state index contributed by atoms with van der Waals surface area (Å²) in [5, 5.41) is 0.616. The van der Waals surface area contributed by atoms with Gasteiger partial charge in [-0.15, -0.1) is 0 Å². The van der Waals surface area contributed by atoms with Crippen molar-refractivity contribution in [2.45, 2.75) is 6.92 Å². The third-order valence-electron chi connectivity index (χ3n) is 5.06. The molecule has 0 saturated carbocycles. The number of hydrogen-bond donors (Lipinski definition) is 3. The summed E-state index contributed by atoms with van der Waals surface area (Å²) in [5.74, 6) is 11.1. The van der Waals surface area contributed by atoms with Crippen LogP contribution in [0.2, 0.25) is 0 Å². The van der Waals surface area contributed by atoms with E-state index in [1.165, 1.54) is 0 Å². The van der Waals surface area contributed by atoms with Crippen LogP contribution in [-0.4, -0.2) is 30.0 Å². The number of pyridine rings is 2. The molecule has 0 spiro atoms. The summed E-state index contributed by atoms with van der Waals surface area (Å²) in [6.07, 6.45) is 3.20. The van der Waals surface area contributed by atoms with Crippen LogP contribution < -0.4 is 16.0 Å². The van der Waals surface area contributed by atoms with Gasteiger partial charge in [0.25, 0.3) is 5.91 Å². The third-order valence-corrected chi connectivity index (χ3v) is 6.36. The van der Waals surface area contributed by atoms with Crippen LogP contribution in [0.1, 0.15) is 28.4 Å². The van der Waals surface area contributed by atoms with Crippen molar-refractivity contribution in [3.8, 4) is 23.1 Å². The molecule has 0 radical (unpaired) electrons. The number of anilines is 1. The maximum atomic E-state index is 12.2. The fourth-order valence-electron chi connectivity index (χ4n) is 3.22. The topological polar surface area (TPSA) is 127 Å². The highest BCUT2D eigenvalue weighted by atomic mass is 32.2. The molecule has 0 aliphatic rings. The minimum atomic E-state index is -3.31. The van der Waals surface area contributed by atoms with Crippen LogP contribution in [0.25, 0.3) is 22.2 Å². The molecule has 0 atom stereocenters. The summed E-state index contributed by atoms with van der Waals surface area (Å²) < 4.78 is 25.8. The molecule has 0 unspecified atom stereocenters. The molecular weight excluding hydrogens is 450 g/mol. The average Bonchev–Trinajstić information content (AvgIpc) is 2.87. The Balaban J connectivity index is 1.56. The van der Waals surface area contributed by atoms with E-state index < -0.39 is 15.9 Å². The molecule has 4 aromatic rings. The molecule has 2 aromatic carbocycles. The van der Waals surface area contributed by atoms with Crippen LogP contribution in [0.4, 0.5) is 5.69 Å². The number of sulfonamides is 1. The van der Waals surface area contributed by atoms with E-state index >= 15 is 0 Å². The third kappa shape index (κ3) is 5.20. The van der Waals surface area contributed by atoms with Crippen LogP contribution in [0.15, 0.2) is 73.1 Å². The van der Waals surface area contributed by atoms with Gasteiger partial charge in [0.15, 0.2) is 0 Å². The number of benzene rings is 2. The molecule has 2 aromatic heterocycles. The van der Waals surface area contributed by atoms with Crippen molar-refractivity contribution in [1.29, 1.82) is 0 Å². The number of nitrogen functional groups attached to an aromatic ring is 1. The highest BCUT2D eigenvalue weighted by molar-refractivity contribution is 7.92. The van der Waals surface area contributed by atoms with Crippen molar-refractivity contribution in [2.75, 3.05) is 10.5 Å². The number of amides is 1. The number of nitrogens with zero attached hydrogens (tertiary/aromatic N) is 2. The van der Waals surface area contributed by atoms with Gasteiger partial charge in [-0.05, 0) is 55.5 Å². The molecule has 1 amide bonds. The first kappa shape index (κ1) is 22.9. The second-order valence-corrected chi connectivity index (χ2v) is 9.34. The summed E-state index contributed by atoms with van der Waals surface area (Å²) in [6.45, 7) is 1.58. The Kier molecular flexibility index (Phi) is 6.54. The predicted molar refractivity (Wildman–Crippen MR) is 132 cm³/mol. The monoisotopic (exact) mass is 471 g/mol. The smallest absolute Gasteiger partial charge is 0.265 e. The number of nitrogens with one attached hydrogen (secondary N) is 2. The van der Waals surface area contributed by atoms with Crippen LogP contribution in [-0.2, 0) is 10.0 Å². The summed E-state index contributed by atoms with van der Waals surface area (Å²) in [4.78, 5) is 21.0. The van der Waals surface area contributed by atoms with Crippen LogP contribution >= 0.6 is 0 Å². The molecule has 4 rings (SSSR count). The van der Waals surface area contributed by atoms with E-state index in [2.05, 4.69) is 32.0 Å². The molecule has 0 fully saturated rings. The van der Waals surface area contributed by atoms with Gasteiger partial charge >= 0.3 is 0 Å². The standard InChI is InChI=1S/C25H21N5O3S/c1-2-34(32,33)30-20-11-7-18(8-12-20)4-3-17-5-9-19(10-6-17)24-15-21(25(31)29-26)22-16-27-14-13-23(22)28-24/h5-16,30H,2,26H2,1H3,(H,29,31). The van der Waals surface area contributed by atoms with E-state index in [0.29, 0.717) is 27.8 Å². The van der Waals surface area contributed by atoms with Gasteiger partial charge < -0.3 is 0 Å². The van der Waals surface area contributed by atoms with Crippen molar-refractivity contribution in [3.05, 3.63) is 89.7 Å². The molecule has 0 saturated heterocycles. The van der Waals surface area contributed by atoms with Gasteiger partial charge in [-0.2, -0.15) is 0 Å². The Labute approximate surface area is 197 Å². The van der Waals surface area contributed by atoms with Gasteiger partial charge in [-0.3, -0.25) is 19.9 Å². The molecule has 0 bridgehead atoms. The molecule has 170 valence electrons. The van der Waals surface area contributed by atoms with Crippen LogP contribution in [0.3, 0.4) is 0 Å². The number of aromatic nitrogens is 2. The van der Waals surface area contributed by atoms with Crippen molar-refractivity contribution in [1.82, 2.24) is 15.4 Å². The van der Waals surface area contributed by atoms with Gasteiger partial charge in [0, 0.05) is 40.2 Å². The first-order chi connectivity index (χ1) is 16.4. The number of hydrogen-bond acceptors (Lipinski definition) is 6. The lowest BCUT2D eigenvalue weighted by Gasteiger charge is -2.08. The maximum Gasteiger partial charge on any atom is 0.265 e. The summed E-state index contributed by atoms with van der Waals surface area (Å²) in [6, 6.07) is 17.8. The van der Waals surface area contributed by atoms with Crippen molar-refractivity contribution < 1.29 is 13.2 Å². The Morgan fingerprint density at radius 1 is 1.00 bits per heavy atom. The van der Waals surface area contributed by atoms with E-state index in [9.17, 15) is 13.2 Å². The fourth-order valence-corrected chi connectivity index (χ4v) is 3.86. The van der Waals surface area contributed by atoms with Crippen LogP contribution in [0, 0.1) is 11.8 Å². The number of nitrogens with two attached hydrogens (primary N) is 1. The molecule has 8 nitrogen and oxygen atoms in total. The van der Waals surface area contributed by atoms with E-state index in [-0.39, 0.29) is 5.75 Å². The van der Waals surface area contributed by atoms with Crippen molar-refractivity contribution in [3.63, 3.8) is 0 Å². The summed E-state index contributed by atoms with van der Waals surface area (Å²) in [5.41, 5.74) is 6.69. The molecule has 0 aliphatic carbocycles. The number of hydrazine groups is 1. The van der Waals surface area contributed by atoms with Crippen molar-refractivity contribution >= 4 is 32.5 Å². The quantitative estimate of drug-likeness (QED) is 0.178.